The van der Waals surface area contributed by atoms with Crippen molar-refractivity contribution < 1.29 is 9.18 Å². The van der Waals surface area contributed by atoms with Crippen molar-refractivity contribution in [2.24, 2.45) is 0 Å². The second kappa shape index (κ2) is 7.84. The summed E-state index contributed by atoms with van der Waals surface area (Å²) < 4.78 is 15.2. The molecule has 0 radical (unpaired) electrons. The lowest BCUT2D eigenvalue weighted by Gasteiger charge is -2.36. The number of hydrogen-bond donors (Lipinski definition) is 0. The van der Waals surface area contributed by atoms with Crippen LogP contribution in [0, 0.1) is 19.7 Å². The molecule has 2 aromatic carbocycles. The van der Waals surface area contributed by atoms with E-state index in [2.05, 4.69) is 36.9 Å². The van der Waals surface area contributed by atoms with Gasteiger partial charge in [0.05, 0.1) is 5.69 Å². The molecule has 1 fully saturated rings. The molecule has 31 heavy (non-hydrogen) atoms. The summed E-state index contributed by atoms with van der Waals surface area (Å²) >= 11 is 0. The number of rotatable bonds is 3. The van der Waals surface area contributed by atoms with Crippen molar-refractivity contribution in [3.05, 3.63) is 76.4 Å². The zero-order valence-electron chi connectivity index (χ0n) is 18.1. The third kappa shape index (κ3) is 3.50. The van der Waals surface area contributed by atoms with Gasteiger partial charge in [-0.25, -0.2) is 9.07 Å². The molecule has 1 aliphatic heterocycles. The van der Waals surface area contributed by atoms with Crippen LogP contribution in [0.2, 0.25) is 0 Å². The number of halogens is 1. The van der Waals surface area contributed by atoms with Gasteiger partial charge in [-0.05, 0) is 74.6 Å². The monoisotopic (exact) mass is 418 g/mol. The SMILES string of the molecule is Cc1cccc(N2CCN(C(=O)c3nn(-c4ccc(F)cc4)c4c3CCC4)CC2)c1C. The molecule has 3 aromatic rings. The van der Waals surface area contributed by atoms with Crippen LogP contribution in [-0.4, -0.2) is 46.8 Å². The first-order valence-corrected chi connectivity index (χ1v) is 11.0. The van der Waals surface area contributed by atoms with Gasteiger partial charge >= 0.3 is 0 Å². The Kier molecular flexibility index (Phi) is 5.00. The number of fused-ring (bicyclic) bond motifs is 1. The second-order valence-corrected chi connectivity index (χ2v) is 8.51. The minimum atomic E-state index is -0.273. The van der Waals surface area contributed by atoms with Gasteiger partial charge in [-0.2, -0.15) is 5.10 Å². The average Bonchev–Trinajstić information content (AvgIpc) is 3.39. The van der Waals surface area contributed by atoms with Crippen LogP contribution in [0.3, 0.4) is 0 Å². The predicted molar refractivity (Wildman–Crippen MR) is 120 cm³/mol. The smallest absolute Gasteiger partial charge is 0.274 e. The maximum Gasteiger partial charge on any atom is 0.274 e. The van der Waals surface area contributed by atoms with Crippen molar-refractivity contribution in [1.82, 2.24) is 14.7 Å². The van der Waals surface area contributed by atoms with E-state index in [1.54, 1.807) is 12.1 Å². The summed E-state index contributed by atoms with van der Waals surface area (Å²) in [6.07, 6.45) is 2.79. The molecular formula is C25H27FN4O. The van der Waals surface area contributed by atoms with Crippen LogP contribution in [-0.2, 0) is 12.8 Å². The fourth-order valence-corrected chi connectivity index (χ4v) is 4.78. The zero-order chi connectivity index (χ0) is 21.5. The molecule has 0 spiro atoms. The van der Waals surface area contributed by atoms with Gasteiger partial charge in [-0.15, -0.1) is 0 Å². The first-order valence-electron chi connectivity index (χ1n) is 11.0. The third-order valence-corrected chi connectivity index (χ3v) is 6.69. The number of nitrogens with zero attached hydrogens (tertiary/aromatic N) is 4. The number of hydrogen-bond acceptors (Lipinski definition) is 3. The normalized spacial score (nSPS) is 16.0. The first-order chi connectivity index (χ1) is 15.0. The van der Waals surface area contributed by atoms with Gasteiger partial charge < -0.3 is 9.80 Å². The van der Waals surface area contributed by atoms with E-state index in [1.165, 1.54) is 28.9 Å². The quantitative estimate of drug-likeness (QED) is 0.644. The van der Waals surface area contributed by atoms with Gasteiger partial charge in [0.15, 0.2) is 5.69 Å². The van der Waals surface area contributed by atoms with Gasteiger partial charge in [0, 0.05) is 43.1 Å². The molecule has 6 heteroatoms. The summed E-state index contributed by atoms with van der Waals surface area (Å²) in [6, 6.07) is 12.7. The zero-order valence-corrected chi connectivity index (χ0v) is 18.1. The Labute approximate surface area is 182 Å². The molecule has 160 valence electrons. The van der Waals surface area contributed by atoms with Crippen LogP contribution < -0.4 is 4.90 Å². The second-order valence-electron chi connectivity index (χ2n) is 8.51. The molecular weight excluding hydrogens is 391 g/mol. The van der Waals surface area contributed by atoms with E-state index < -0.39 is 0 Å². The highest BCUT2D eigenvalue weighted by Gasteiger charge is 2.31. The van der Waals surface area contributed by atoms with E-state index in [4.69, 9.17) is 5.10 Å². The summed E-state index contributed by atoms with van der Waals surface area (Å²) in [4.78, 5) is 17.7. The molecule has 5 nitrogen and oxygen atoms in total. The Bertz CT molecular complexity index is 1130. The van der Waals surface area contributed by atoms with Crippen molar-refractivity contribution in [3.63, 3.8) is 0 Å². The van der Waals surface area contributed by atoms with E-state index in [-0.39, 0.29) is 11.7 Å². The molecule has 2 heterocycles. The summed E-state index contributed by atoms with van der Waals surface area (Å²) in [7, 11) is 0. The molecule has 1 aromatic heterocycles. The van der Waals surface area contributed by atoms with Crippen LogP contribution >= 0.6 is 0 Å². The molecule has 0 bridgehead atoms. The number of piperazine rings is 1. The van der Waals surface area contributed by atoms with Gasteiger partial charge in [0.2, 0.25) is 0 Å². The number of carbonyl (C=O) groups excluding carboxylic acids is 1. The van der Waals surface area contributed by atoms with Gasteiger partial charge in [0.1, 0.15) is 5.82 Å². The lowest BCUT2D eigenvalue weighted by atomic mass is 10.1. The van der Waals surface area contributed by atoms with Crippen LogP contribution in [0.5, 0.6) is 0 Å². The largest absolute Gasteiger partial charge is 0.368 e. The van der Waals surface area contributed by atoms with E-state index in [0.29, 0.717) is 18.8 Å². The molecule has 5 rings (SSSR count). The minimum absolute atomic E-state index is 0.0135. The van der Waals surface area contributed by atoms with E-state index >= 15 is 0 Å². The Morgan fingerprint density at radius 3 is 2.45 bits per heavy atom. The van der Waals surface area contributed by atoms with Crippen molar-refractivity contribution in [3.8, 4) is 5.69 Å². The molecule has 1 amide bonds. The first kappa shape index (κ1) is 19.8. The Morgan fingerprint density at radius 1 is 0.968 bits per heavy atom. The van der Waals surface area contributed by atoms with Crippen molar-refractivity contribution in [1.29, 1.82) is 0 Å². The molecule has 0 saturated carbocycles. The standard InChI is InChI=1S/C25H27FN4O/c1-17-5-3-7-22(18(17)2)28-13-15-29(16-14-28)25(31)24-21-6-4-8-23(21)30(27-24)20-11-9-19(26)10-12-20/h3,5,7,9-12H,4,6,8,13-16H2,1-2H3. The highest BCUT2D eigenvalue weighted by atomic mass is 19.1. The van der Waals surface area contributed by atoms with Crippen LogP contribution in [0.4, 0.5) is 10.1 Å². The molecule has 1 saturated heterocycles. The highest BCUT2D eigenvalue weighted by Crippen LogP contribution is 2.29. The lowest BCUT2D eigenvalue weighted by Crippen LogP contribution is -2.49. The molecule has 0 atom stereocenters. The lowest BCUT2D eigenvalue weighted by molar-refractivity contribution is 0.0739. The fraction of sp³-hybridized carbons (Fsp3) is 0.360. The topological polar surface area (TPSA) is 41.4 Å². The number of benzene rings is 2. The average molecular weight is 419 g/mol. The third-order valence-electron chi connectivity index (χ3n) is 6.69. The highest BCUT2D eigenvalue weighted by molar-refractivity contribution is 5.94. The fourth-order valence-electron chi connectivity index (χ4n) is 4.78. The van der Waals surface area contributed by atoms with E-state index in [9.17, 15) is 9.18 Å². The van der Waals surface area contributed by atoms with Crippen LogP contribution in [0.15, 0.2) is 42.5 Å². The van der Waals surface area contributed by atoms with Gasteiger partial charge in [-0.3, -0.25) is 4.79 Å². The summed E-state index contributed by atoms with van der Waals surface area (Å²) in [5.41, 5.74) is 7.37. The molecule has 2 aliphatic rings. The van der Waals surface area contributed by atoms with Crippen molar-refractivity contribution in [2.45, 2.75) is 33.1 Å². The molecule has 0 N–H and O–H groups in total. The number of carbonyl (C=O) groups is 1. The number of aromatic nitrogens is 2. The van der Waals surface area contributed by atoms with Crippen molar-refractivity contribution in [2.75, 3.05) is 31.1 Å². The van der Waals surface area contributed by atoms with Crippen molar-refractivity contribution >= 4 is 11.6 Å². The maximum absolute atomic E-state index is 13.4. The summed E-state index contributed by atoms with van der Waals surface area (Å²) in [6.45, 7) is 7.30. The Balaban J connectivity index is 1.36. The number of aryl methyl sites for hydroxylation is 1. The van der Waals surface area contributed by atoms with Gasteiger partial charge in [-0.1, -0.05) is 12.1 Å². The van der Waals surface area contributed by atoms with E-state index in [0.717, 1.165) is 49.3 Å². The van der Waals surface area contributed by atoms with Crippen LogP contribution in [0.25, 0.3) is 5.69 Å². The number of anilines is 1. The number of amides is 1. The molecule has 1 aliphatic carbocycles. The van der Waals surface area contributed by atoms with E-state index in [1.807, 2.05) is 9.58 Å². The summed E-state index contributed by atoms with van der Waals surface area (Å²) in [5.74, 6) is -0.259. The Morgan fingerprint density at radius 2 is 1.71 bits per heavy atom. The molecule has 0 unspecified atom stereocenters. The summed E-state index contributed by atoms with van der Waals surface area (Å²) in [5, 5.41) is 4.70. The van der Waals surface area contributed by atoms with Gasteiger partial charge in [0.25, 0.3) is 5.91 Å². The van der Waals surface area contributed by atoms with Crippen LogP contribution in [0.1, 0.15) is 39.3 Å². The Hall–Kier alpha value is -3.15. The predicted octanol–water partition coefficient (Wildman–Crippen LogP) is 4.08. The minimum Gasteiger partial charge on any atom is -0.368 e. The maximum atomic E-state index is 13.4.